The van der Waals surface area contributed by atoms with E-state index in [0.717, 1.165) is 34.3 Å². The topological polar surface area (TPSA) is 42.7 Å². The molecule has 4 nitrogen and oxygen atoms in total. The van der Waals surface area contributed by atoms with Crippen molar-refractivity contribution >= 4 is 27.5 Å². The molecule has 0 amide bonds. The Morgan fingerprint density at radius 1 is 1.50 bits per heavy atom. The molecule has 2 aromatic rings. The van der Waals surface area contributed by atoms with E-state index in [1.807, 2.05) is 24.8 Å². The van der Waals surface area contributed by atoms with Crippen molar-refractivity contribution in [2.75, 3.05) is 7.05 Å². The molecule has 0 fully saturated rings. The molecule has 108 valence electrons. The van der Waals surface area contributed by atoms with Crippen LogP contribution in [0.15, 0.2) is 22.9 Å². The first-order chi connectivity index (χ1) is 9.58. The summed E-state index contributed by atoms with van der Waals surface area (Å²) in [7, 11) is 3.91. The van der Waals surface area contributed by atoms with Gasteiger partial charge in [-0.1, -0.05) is 18.5 Å². The zero-order valence-corrected chi connectivity index (χ0v) is 14.2. The zero-order valence-electron chi connectivity index (χ0n) is 11.8. The highest BCUT2D eigenvalue weighted by atomic mass is 79.9. The average Bonchev–Trinajstić information content (AvgIpc) is 2.72. The van der Waals surface area contributed by atoms with E-state index in [1.165, 1.54) is 0 Å². The van der Waals surface area contributed by atoms with E-state index < -0.39 is 0 Å². The lowest BCUT2D eigenvalue weighted by molar-refractivity contribution is 0.559. The Morgan fingerprint density at radius 2 is 2.25 bits per heavy atom. The predicted molar refractivity (Wildman–Crippen MR) is 85.0 cm³/mol. The molecule has 0 aliphatic heterocycles. The van der Waals surface area contributed by atoms with Crippen LogP contribution in [0, 0.1) is 0 Å². The molecular weight excluding hydrogens is 340 g/mol. The summed E-state index contributed by atoms with van der Waals surface area (Å²) in [4.78, 5) is 4.03. The van der Waals surface area contributed by atoms with Gasteiger partial charge in [0, 0.05) is 31.9 Å². The first-order valence-corrected chi connectivity index (χ1v) is 7.72. The standard InChI is InChI=1S/C14H18BrClN4/c1-4-11-14(15)13(20(3)19-11)7-12(17-2)9-5-6-18-8-10(9)16/h5-6,8,12,17H,4,7H2,1-3H3. The van der Waals surface area contributed by atoms with Crippen LogP contribution < -0.4 is 5.32 Å². The van der Waals surface area contributed by atoms with Gasteiger partial charge in [0.05, 0.1) is 20.9 Å². The van der Waals surface area contributed by atoms with Crippen molar-refractivity contribution in [1.29, 1.82) is 0 Å². The molecule has 0 saturated heterocycles. The fourth-order valence-corrected chi connectivity index (χ4v) is 3.30. The van der Waals surface area contributed by atoms with Crippen LogP contribution in [0.25, 0.3) is 0 Å². The number of halogens is 2. The largest absolute Gasteiger partial charge is 0.313 e. The number of aryl methyl sites for hydroxylation is 2. The third kappa shape index (κ3) is 3.05. The molecule has 0 spiro atoms. The van der Waals surface area contributed by atoms with Crippen molar-refractivity contribution < 1.29 is 0 Å². The highest BCUT2D eigenvalue weighted by molar-refractivity contribution is 9.10. The van der Waals surface area contributed by atoms with Gasteiger partial charge < -0.3 is 5.32 Å². The molecule has 0 radical (unpaired) electrons. The highest BCUT2D eigenvalue weighted by Crippen LogP contribution is 2.29. The maximum Gasteiger partial charge on any atom is 0.0766 e. The summed E-state index contributed by atoms with van der Waals surface area (Å²) in [6, 6.07) is 2.08. The fraction of sp³-hybridized carbons (Fsp3) is 0.429. The third-order valence-corrected chi connectivity index (χ3v) is 4.66. The number of rotatable bonds is 5. The normalized spacial score (nSPS) is 12.7. The Hall–Kier alpha value is -0.910. The first kappa shape index (κ1) is 15.5. The molecule has 0 aromatic carbocycles. The lowest BCUT2D eigenvalue weighted by Gasteiger charge is -2.18. The maximum atomic E-state index is 6.24. The summed E-state index contributed by atoms with van der Waals surface area (Å²) in [5.74, 6) is 0. The molecule has 1 atom stereocenters. The Morgan fingerprint density at radius 3 is 2.80 bits per heavy atom. The molecule has 2 rings (SSSR count). The minimum atomic E-state index is 0.127. The molecule has 0 aliphatic carbocycles. The molecule has 2 aromatic heterocycles. The van der Waals surface area contributed by atoms with Crippen LogP contribution in [0.2, 0.25) is 5.02 Å². The van der Waals surface area contributed by atoms with Gasteiger partial charge in [-0.15, -0.1) is 0 Å². The van der Waals surface area contributed by atoms with E-state index in [2.05, 4.69) is 38.3 Å². The van der Waals surface area contributed by atoms with Gasteiger partial charge in [0.1, 0.15) is 0 Å². The van der Waals surface area contributed by atoms with Crippen LogP contribution >= 0.6 is 27.5 Å². The minimum absolute atomic E-state index is 0.127. The minimum Gasteiger partial charge on any atom is -0.313 e. The first-order valence-electron chi connectivity index (χ1n) is 6.55. The second-order valence-electron chi connectivity index (χ2n) is 4.63. The van der Waals surface area contributed by atoms with Crippen molar-refractivity contribution in [3.63, 3.8) is 0 Å². The average molecular weight is 358 g/mol. The summed E-state index contributed by atoms with van der Waals surface area (Å²) >= 11 is 9.89. The Labute approximate surface area is 132 Å². The quantitative estimate of drug-likeness (QED) is 0.893. The second-order valence-corrected chi connectivity index (χ2v) is 5.83. The lowest BCUT2D eigenvalue weighted by Crippen LogP contribution is -2.20. The Balaban J connectivity index is 2.32. The van der Waals surface area contributed by atoms with Gasteiger partial charge in [-0.2, -0.15) is 5.10 Å². The summed E-state index contributed by atoms with van der Waals surface area (Å²) in [6.45, 7) is 2.10. The van der Waals surface area contributed by atoms with Crippen molar-refractivity contribution in [2.45, 2.75) is 25.8 Å². The SMILES string of the molecule is CCc1nn(C)c(CC(NC)c2ccncc2Cl)c1Br. The van der Waals surface area contributed by atoms with Crippen molar-refractivity contribution in [3.05, 3.63) is 44.9 Å². The van der Waals surface area contributed by atoms with Crippen LogP contribution in [0.5, 0.6) is 0 Å². The van der Waals surface area contributed by atoms with E-state index in [-0.39, 0.29) is 6.04 Å². The number of likely N-dealkylation sites (N-methyl/N-ethyl adjacent to an activating group) is 1. The lowest BCUT2D eigenvalue weighted by atomic mass is 10.0. The molecule has 6 heteroatoms. The smallest absolute Gasteiger partial charge is 0.0766 e. The van der Waals surface area contributed by atoms with Gasteiger partial charge in [-0.05, 0) is 41.0 Å². The Bertz CT molecular complexity index is 597. The van der Waals surface area contributed by atoms with E-state index in [9.17, 15) is 0 Å². The van der Waals surface area contributed by atoms with Crippen LogP contribution in [-0.2, 0) is 19.9 Å². The van der Waals surface area contributed by atoms with E-state index in [1.54, 1.807) is 12.4 Å². The summed E-state index contributed by atoms with van der Waals surface area (Å²) in [5.41, 5.74) is 3.29. The molecule has 1 unspecified atom stereocenters. The monoisotopic (exact) mass is 356 g/mol. The number of aromatic nitrogens is 3. The molecule has 0 saturated carbocycles. The van der Waals surface area contributed by atoms with Crippen molar-refractivity contribution in [3.8, 4) is 0 Å². The summed E-state index contributed by atoms with van der Waals surface area (Å²) < 4.78 is 3.02. The molecule has 0 bridgehead atoms. The maximum absolute atomic E-state index is 6.24. The molecular formula is C14H18BrClN4. The molecule has 1 N–H and O–H groups in total. The molecule has 0 aliphatic rings. The van der Waals surface area contributed by atoms with Crippen LogP contribution in [0.4, 0.5) is 0 Å². The van der Waals surface area contributed by atoms with Crippen LogP contribution in [-0.4, -0.2) is 21.8 Å². The van der Waals surface area contributed by atoms with Crippen molar-refractivity contribution in [1.82, 2.24) is 20.1 Å². The predicted octanol–water partition coefficient (Wildman–Crippen LogP) is 3.30. The summed E-state index contributed by atoms with van der Waals surface area (Å²) in [6.07, 6.45) is 5.16. The number of nitrogens with zero attached hydrogens (tertiary/aromatic N) is 3. The second kappa shape index (κ2) is 6.70. The van der Waals surface area contributed by atoms with Crippen LogP contribution in [0.1, 0.15) is 29.9 Å². The zero-order chi connectivity index (χ0) is 14.7. The van der Waals surface area contributed by atoms with Gasteiger partial charge in [-0.25, -0.2) is 0 Å². The number of hydrogen-bond donors (Lipinski definition) is 1. The van der Waals surface area contributed by atoms with Gasteiger partial charge in [0.15, 0.2) is 0 Å². The molecule has 2 heterocycles. The van der Waals surface area contributed by atoms with E-state index in [0.29, 0.717) is 5.02 Å². The number of pyridine rings is 1. The molecule has 20 heavy (non-hydrogen) atoms. The van der Waals surface area contributed by atoms with Gasteiger partial charge >= 0.3 is 0 Å². The number of nitrogens with one attached hydrogen (secondary N) is 1. The van der Waals surface area contributed by atoms with E-state index >= 15 is 0 Å². The Kier molecular flexibility index (Phi) is 5.18. The third-order valence-electron chi connectivity index (χ3n) is 3.43. The van der Waals surface area contributed by atoms with Gasteiger partial charge in [0.25, 0.3) is 0 Å². The number of hydrogen-bond acceptors (Lipinski definition) is 3. The van der Waals surface area contributed by atoms with Crippen molar-refractivity contribution in [2.24, 2.45) is 7.05 Å². The summed E-state index contributed by atoms with van der Waals surface area (Å²) in [5, 5.41) is 8.53. The van der Waals surface area contributed by atoms with Gasteiger partial charge in [-0.3, -0.25) is 9.67 Å². The highest BCUT2D eigenvalue weighted by Gasteiger charge is 2.19. The van der Waals surface area contributed by atoms with E-state index in [4.69, 9.17) is 11.6 Å². The van der Waals surface area contributed by atoms with Gasteiger partial charge in [0.2, 0.25) is 0 Å². The fourth-order valence-electron chi connectivity index (χ4n) is 2.27. The van der Waals surface area contributed by atoms with Crippen LogP contribution in [0.3, 0.4) is 0 Å².